The van der Waals surface area contributed by atoms with Crippen molar-refractivity contribution in [2.24, 2.45) is 0 Å². The van der Waals surface area contributed by atoms with E-state index >= 15 is 0 Å². The number of ether oxygens (including phenoxy) is 2. The van der Waals surface area contributed by atoms with Gasteiger partial charge in [0, 0.05) is 29.0 Å². The van der Waals surface area contributed by atoms with Crippen molar-refractivity contribution in [3.8, 4) is 17.6 Å². The molecule has 4 rings (SSSR count). The molecular weight excluding hydrogens is 448 g/mol. The topological polar surface area (TPSA) is 80.1 Å². The molecule has 0 saturated carbocycles. The number of hydrogen-bond acceptors (Lipinski definition) is 6. The van der Waals surface area contributed by atoms with E-state index < -0.39 is 0 Å². The van der Waals surface area contributed by atoms with Crippen LogP contribution in [-0.4, -0.2) is 16.6 Å². The second-order valence-corrected chi connectivity index (χ2v) is 8.41. The fourth-order valence-electron chi connectivity index (χ4n) is 3.84. The first-order valence-electron chi connectivity index (χ1n) is 11.1. The predicted molar refractivity (Wildman–Crippen MR) is 135 cm³/mol. The standard InChI is InChI=1S/C27H25ClN4O2/c1-4-33-24-11-9-22-26(25(24)17(2)3)27(18(14-29)15-31-22)32-19-8-10-23(21(28)13-19)34-16-20-7-5-6-12-30-20/h5-13,15,17H,4,16H2,1-3H3,(H,31,32). The van der Waals surface area contributed by atoms with Gasteiger partial charge in [-0.3, -0.25) is 9.97 Å². The molecule has 34 heavy (non-hydrogen) atoms. The van der Waals surface area contributed by atoms with Crippen molar-refractivity contribution in [2.45, 2.75) is 33.3 Å². The Hall–Kier alpha value is -3.82. The summed E-state index contributed by atoms with van der Waals surface area (Å²) in [4.78, 5) is 8.77. The monoisotopic (exact) mass is 472 g/mol. The third-order valence-corrected chi connectivity index (χ3v) is 5.63. The van der Waals surface area contributed by atoms with Crippen molar-refractivity contribution in [1.82, 2.24) is 9.97 Å². The van der Waals surface area contributed by atoms with Crippen LogP contribution in [0.5, 0.6) is 11.5 Å². The third kappa shape index (κ3) is 4.90. The molecule has 0 unspecified atom stereocenters. The molecule has 6 nitrogen and oxygen atoms in total. The summed E-state index contributed by atoms with van der Waals surface area (Å²) >= 11 is 6.52. The molecule has 0 bridgehead atoms. The molecule has 1 N–H and O–H groups in total. The van der Waals surface area contributed by atoms with E-state index in [1.54, 1.807) is 24.5 Å². The van der Waals surface area contributed by atoms with Gasteiger partial charge in [0.2, 0.25) is 0 Å². The number of rotatable bonds is 8. The van der Waals surface area contributed by atoms with E-state index in [4.69, 9.17) is 21.1 Å². The lowest BCUT2D eigenvalue weighted by molar-refractivity contribution is 0.301. The molecule has 0 radical (unpaired) electrons. The Kier molecular flexibility index (Phi) is 7.15. The van der Waals surface area contributed by atoms with Crippen LogP contribution in [0.15, 0.2) is 60.9 Å². The van der Waals surface area contributed by atoms with Gasteiger partial charge in [0.1, 0.15) is 24.2 Å². The Balaban J connectivity index is 1.71. The number of nitriles is 1. The molecule has 2 heterocycles. The van der Waals surface area contributed by atoms with Gasteiger partial charge in [-0.15, -0.1) is 0 Å². The van der Waals surface area contributed by atoms with Gasteiger partial charge in [0.15, 0.2) is 0 Å². The van der Waals surface area contributed by atoms with E-state index in [0.717, 1.165) is 33.6 Å². The van der Waals surface area contributed by atoms with Gasteiger partial charge in [-0.1, -0.05) is 31.5 Å². The fourth-order valence-corrected chi connectivity index (χ4v) is 4.07. The van der Waals surface area contributed by atoms with E-state index in [0.29, 0.717) is 35.2 Å². The van der Waals surface area contributed by atoms with E-state index in [9.17, 15) is 5.26 Å². The third-order valence-electron chi connectivity index (χ3n) is 5.34. The average molecular weight is 473 g/mol. The van der Waals surface area contributed by atoms with Gasteiger partial charge < -0.3 is 14.8 Å². The molecule has 0 aliphatic rings. The normalized spacial score (nSPS) is 10.8. The maximum atomic E-state index is 9.82. The molecule has 0 fully saturated rings. The minimum Gasteiger partial charge on any atom is -0.494 e. The predicted octanol–water partition coefficient (Wildman–Crippen LogP) is 7.00. The molecule has 4 aromatic rings. The van der Waals surface area contributed by atoms with Gasteiger partial charge in [-0.25, -0.2) is 0 Å². The van der Waals surface area contributed by atoms with Crippen LogP contribution in [0.3, 0.4) is 0 Å². The molecule has 0 amide bonds. The summed E-state index contributed by atoms with van der Waals surface area (Å²) in [6.45, 7) is 7.03. The molecular formula is C27H25ClN4O2. The van der Waals surface area contributed by atoms with Crippen molar-refractivity contribution in [1.29, 1.82) is 5.26 Å². The summed E-state index contributed by atoms with van der Waals surface area (Å²) < 4.78 is 11.7. The van der Waals surface area contributed by atoms with Crippen molar-refractivity contribution < 1.29 is 9.47 Å². The highest BCUT2D eigenvalue weighted by Crippen LogP contribution is 2.40. The zero-order valence-electron chi connectivity index (χ0n) is 19.3. The maximum Gasteiger partial charge on any atom is 0.138 e. The van der Waals surface area contributed by atoms with Crippen LogP contribution >= 0.6 is 11.6 Å². The van der Waals surface area contributed by atoms with Gasteiger partial charge >= 0.3 is 0 Å². The lowest BCUT2D eigenvalue weighted by atomic mass is 9.94. The highest BCUT2D eigenvalue weighted by molar-refractivity contribution is 6.32. The van der Waals surface area contributed by atoms with Crippen molar-refractivity contribution in [3.05, 3.63) is 82.8 Å². The zero-order valence-corrected chi connectivity index (χ0v) is 20.1. The summed E-state index contributed by atoms with van der Waals surface area (Å²) in [6, 6.07) is 17.2. The minimum atomic E-state index is 0.160. The summed E-state index contributed by atoms with van der Waals surface area (Å²) in [7, 11) is 0. The smallest absolute Gasteiger partial charge is 0.138 e. The first-order valence-corrected chi connectivity index (χ1v) is 11.5. The molecule has 2 aromatic carbocycles. The lowest BCUT2D eigenvalue weighted by Crippen LogP contribution is -2.04. The first kappa shape index (κ1) is 23.3. The molecule has 0 atom stereocenters. The second kappa shape index (κ2) is 10.4. The van der Waals surface area contributed by atoms with Crippen molar-refractivity contribution >= 4 is 33.9 Å². The Labute approximate surface area is 204 Å². The van der Waals surface area contributed by atoms with E-state index in [2.05, 4.69) is 35.2 Å². The van der Waals surface area contributed by atoms with Gasteiger partial charge in [0.05, 0.1) is 34.1 Å². The second-order valence-electron chi connectivity index (χ2n) is 8.00. The Bertz CT molecular complexity index is 1350. The van der Waals surface area contributed by atoms with Crippen molar-refractivity contribution in [3.63, 3.8) is 0 Å². The van der Waals surface area contributed by atoms with Crippen LogP contribution in [0.25, 0.3) is 10.9 Å². The minimum absolute atomic E-state index is 0.160. The quantitative estimate of drug-likeness (QED) is 0.297. The maximum absolute atomic E-state index is 9.82. The summed E-state index contributed by atoms with van der Waals surface area (Å²) in [5.41, 5.74) is 4.46. The number of pyridine rings is 2. The molecule has 0 aliphatic carbocycles. The van der Waals surface area contributed by atoms with Gasteiger partial charge in [-0.2, -0.15) is 5.26 Å². The van der Waals surface area contributed by atoms with E-state index in [-0.39, 0.29) is 5.92 Å². The number of nitrogens with one attached hydrogen (secondary N) is 1. The van der Waals surface area contributed by atoms with Crippen LogP contribution in [-0.2, 0) is 6.61 Å². The average Bonchev–Trinajstić information content (AvgIpc) is 2.84. The Morgan fingerprint density at radius 3 is 2.56 bits per heavy atom. The number of nitrogens with zero attached hydrogens (tertiary/aromatic N) is 3. The SMILES string of the molecule is CCOc1ccc2ncc(C#N)c(Nc3ccc(OCc4ccccn4)c(Cl)c3)c2c1C(C)C. The highest BCUT2D eigenvalue weighted by atomic mass is 35.5. The number of benzene rings is 2. The number of hydrogen-bond donors (Lipinski definition) is 1. The van der Waals surface area contributed by atoms with Crippen molar-refractivity contribution in [2.75, 3.05) is 11.9 Å². The molecule has 7 heteroatoms. The van der Waals surface area contributed by atoms with Crippen LogP contribution in [0.4, 0.5) is 11.4 Å². The largest absolute Gasteiger partial charge is 0.494 e. The number of anilines is 2. The van der Waals surface area contributed by atoms with Crippen LogP contribution < -0.4 is 14.8 Å². The van der Waals surface area contributed by atoms with Crippen LogP contribution in [0.1, 0.15) is 43.5 Å². The molecule has 0 saturated heterocycles. The molecule has 0 aliphatic heterocycles. The van der Waals surface area contributed by atoms with E-state index in [1.165, 1.54) is 0 Å². The summed E-state index contributed by atoms with van der Waals surface area (Å²) in [6.07, 6.45) is 3.31. The number of halogens is 1. The highest BCUT2D eigenvalue weighted by Gasteiger charge is 2.19. The molecule has 172 valence electrons. The number of fused-ring (bicyclic) bond motifs is 1. The summed E-state index contributed by atoms with van der Waals surface area (Å²) in [5.74, 6) is 1.51. The number of aromatic nitrogens is 2. The fraction of sp³-hybridized carbons (Fsp3) is 0.222. The van der Waals surface area contributed by atoms with Gasteiger partial charge in [-0.05, 0) is 55.3 Å². The van der Waals surface area contributed by atoms with Crippen LogP contribution in [0.2, 0.25) is 5.02 Å². The lowest BCUT2D eigenvalue weighted by Gasteiger charge is -2.20. The zero-order chi connectivity index (χ0) is 24.1. The Morgan fingerprint density at radius 1 is 1.06 bits per heavy atom. The molecule has 2 aromatic heterocycles. The van der Waals surface area contributed by atoms with Gasteiger partial charge in [0.25, 0.3) is 0 Å². The van der Waals surface area contributed by atoms with Crippen LogP contribution in [0, 0.1) is 11.3 Å². The van der Waals surface area contributed by atoms with E-state index in [1.807, 2.05) is 43.3 Å². The first-order chi connectivity index (χ1) is 16.5. The Morgan fingerprint density at radius 2 is 1.88 bits per heavy atom. The molecule has 0 spiro atoms. The summed E-state index contributed by atoms with van der Waals surface area (Å²) in [5, 5.41) is 14.5.